The van der Waals surface area contributed by atoms with E-state index >= 15 is 0 Å². The van der Waals surface area contributed by atoms with Gasteiger partial charge in [-0.25, -0.2) is 0 Å². The molecule has 7 heteroatoms. The van der Waals surface area contributed by atoms with Crippen LogP contribution in [0.4, 0.5) is 0 Å². The molecule has 150 valence electrons. The van der Waals surface area contributed by atoms with E-state index in [1.165, 1.54) is 0 Å². The highest BCUT2D eigenvalue weighted by atomic mass is 127. The van der Waals surface area contributed by atoms with E-state index in [0.29, 0.717) is 23.2 Å². The zero-order valence-electron chi connectivity index (χ0n) is 16.8. The molecule has 6 nitrogen and oxygen atoms in total. The molecule has 0 unspecified atom stereocenters. The van der Waals surface area contributed by atoms with Crippen molar-refractivity contribution in [1.29, 1.82) is 0 Å². The number of halogens is 1. The van der Waals surface area contributed by atoms with Crippen LogP contribution in [-0.2, 0) is 6.42 Å². The van der Waals surface area contributed by atoms with Crippen LogP contribution in [0.2, 0.25) is 0 Å². The number of hydrogen-bond donors (Lipinski definition) is 2. The van der Waals surface area contributed by atoms with Crippen LogP contribution in [0.25, 0.3) is 0 Å². The predicted molar refractivity (Wildman–Crippen MR) is 119 cm³/mol. The highest BCUT2D eigenvalue weighted by Gasteiger charge is 2.15. The van der Waals surface area contributed by atoms with Gasteiger partial charge in [-0.15, -0.1) is 24.0 Å². The largest absolute Gasteiger partial charge is 0.493 e. The third kappa shape index (κ3) is 7.88. The van der Waals surface area contributed by atoms with Gasteiger partial charge in [0.15, 0.2) is 17.5 Å². The van der Waals surface area contributed by atoms with Crippen molar-refractivity contribution in [2.75, 3.05) is 41.0 Å². The van der Waals surface area contributed by atoms with Gasteiger partial charge in [-0.1, -0.05) is 19.9 Å². The molecule has 0 aliphatic heterocycles. The van der Waals surface area contributed by atoms with Gasteiger partial charge in [-0.05, 0) is 31.7 Å². The standard InChI is InChI=1S/C19H33N3O3.HI/c1-7-20-19(21-12-10-14(2)3)22-13-11-15-8-9-16(23-4)18(25-6)17(15)24-5;/h8-9,14H,7,10-13H2,1-6H3,(H2,20,21,22);1H. The van der Waals surface area contributed by atoms with Gasteiger partial charge in [-0.3, -0.25) is 4.99 Å². The molecule has 2 N–H and O–H groups in total. The molecule has 1 aromatic carbocycles. The van der Waals surface area contributed by atoms with Crippen LogP contribution in [-0.4, -0.2) is 46.9 Å². The monoisotopic (exact) mass is 479 g/mol. The first-order valence-electron chi connectivity index (χ1n) is 8.87. The van der Waals surface area contributed by atoms with Gasteiger partial charge in [0.1, 0.15) is 0 Å². The molecule has 0 radical (unpaired) electrons. The van der Waals surface area contributed by atoms with E-state index in [2.05, 4.69) is 36.4 Å². The van der Waals surface area contributed by atoms with E-state index in [-0.39, 0.29) is 24.0 Å². The van der Waals surface area contributed by atoms with Crippen molar-refractivity contribution in [3.8, 4) is 17.2 Å². The lowest BCUT2D eigenvalue weighted by atomic mass is 10.1. The van der Waals surface area contributed by atoms with Gasteiger partial charge in [0.2, 0.25) is 5.75 Å². The number of benzene rings is 1. The molecule has 0 atom stereocenters. The Morgan fingerprint density at radius 3 is 2.27 bits per heavy atom. The smallest absolute Gasteiger partial charge is 0.203 e. The molecule has 0 saturated carbocycles. The summed E-state index contributed by atoms with van der Waals surface area (Å²) in [5.74, 6) is 3.51. The highest BCUT2D eigenvalue weighted by molar-refractivity contribution is 14.0. The van der Waals surface area contributed by atoms with Crippen molar-refractivity contribution < 1.29 is 14.2 Å². The van der Waals surface area contributed by atoms with Gasteiger partial charge < -0.3 is 24.8 Å². The summed E-state index contributed by atoms with van der Waals surface area (Å²) in [5.41, 5.74) is 1.06. The van der Waals surface area contributed by atoms with Crippen LogP contribution in [0.1, 0.15) is 32.8 Å². The lowest BCUT2D eigenvalue weighted by Crippen LogP contribution is -2.38. The number of nitrogens with zero attached hydrogens (tertiary/aromatic N) is 1. The Kier molecular flexibility index (Phi) is 13.0. The zero-order valence-corrected chi connectivity index (χ0v) is 19.2. The average molecular weight is 479 g/mol. The Hall–Kier alpha value is -1.38. The second kappa shape index (κ2) is 13.8. The normalized spacial score (nSPS) is 11.0. The predicted octanol–water partition coefficient (Wildman–Crippen LogP) is 3.47. The van der Waals surface area contributed by atoms with Crippen LogP contribution in [0.15, 0.2) is 17.1 Å². The number of nitrogens with one attached hydrogen (secondary N) is 2. The molecule has 1 aromatic rings. The maximum Gasteiger partial charge on any atom is 0.203 e. The quantitative estimate of drug-likeness (QED) is 0.306. The number of ether oxygens (including phenoxy) is 3. The average Bonchev–Trinajstić information content (AvgIpc) is 2.60. The molecule has 0 fully saturated rings. The molecule has 0 heterocycles. The van der Waals surface area contributed by atoms with Gasteiger partial charge in [0.25, 0.3) is 0 Å². The maximum absolute atomic E-state index is 5.53. The van der Waals surface area contributed by atoms with Crippen LogP contribution >= 0.6 is 24.0 Å². The summed E-state index contributed by atoms with van der Waals surface area (Å²) in [5, 5.41) is 6.65. The minimum absolute atomic E-state index is 0. The summed E-state index contributed by atoms with van der Waals surface area (Å²) < 4.78 is 16.3. The lowest BCUT2D eigenvalue weighted by Gasteiger charge is -2.16. The number of hydrogen-bond acceptors (Lipinski definition) is 4. The first-order chi connectivity index (χ1) is 12.1. The molecular weight excluding hydrogens is 445 g/mol. The fraction of sp³-hybridized carbons (Fsp3) is 0.632. The molecule has 1 rings (SSSR count). The molecule has 0 bridgehead atoms. The molecule has 0 saturated heterocycles. The summed E-state index contributed by atoms with van der Waals surface area (Å²) in [4.78, 5) is 4.61. The van der Waals surface area contributed by atoms with E-state index in [0.717, 1.165) is 44.0 Å². The molecule has 0 aromatic heterocycles. The fourth-order valence-electron chi connectivity index (χ4n) is 2.45. The molecule has 0 aliphatic carbocycles. The van der Waals surface area contributed by atoms with Crippen LogP contribution in [0.5, 0.6) is 17.2 Å². The number of rotatable bonds is 10. The lowest BCUT2D eigenvalue weighted by molar-refractivity contribution is 0.322. The van der Waals surface area contributed by atoms with Crippen molar-refractivity contribution in [2.24, 2.45) is 10.9 Å². The second-order valence-electron chi connectivity index (χ2n) is 6.11. The van der Waals surface area contributed by atoms with Crippen molar-refractivity contribution in [2.45, 2.75) is 33.6 Å². The maximum atomic E-state index is 5.53. The zero-order chi connectivity index (χ0) is 18.7. The Balaban J connectivity index is 0.00000625. The summed E-state index contributed by atoms with van der Waals surface area (Å²) in [7, 11) is 4.88. The summed E-state index contributed by atoms with van der Waals surface area (Å²) >= 11 is 0. The van der Waals surface area contributed by atoms with Crippen LogP contribution < -0.4 is 24.8 Å². The summed E-state index contributed by atoms with van der Waals surface area (Å²) in [6.07, 6.45) is 1.87. The van der Waals surface area contributed by atoms with E-state index in [1.54, 1.807) is 21.3 Å². The highest BCUT2D eigenvalue weighted by Crippen LogP contribution is 2.39. The molecular formula is C19H34IN3O3. The minimum Gasteiger partial charge on any atom is -0.493 e. The minimum atomic E-state index is 0. The number of aliphatic imine (C=N–C) groups is 1. The van der Waals surface area contributed by atoms with Crippen molar-refractivity contribution in [3.05, 3.63) is 17.7 Å². The Morgan fingerprint density at radius 1 is 1.04 bits per heavy atom. The summed E-state index contributed by atoms with van der Waals surface area (Å²) in [6, 6.07) is 3.91. The van der Waals surface area contributed by atoms with E-state index in [1.807, 2.05) is 12.1 Å². The van der Waals surface area contributed by atoms with Gasteiger partial charge in [0.05, 0.1) is 21.3 Å². The number of methoxy groups -OCH3 is 3. The Bertz CT molecular complexity index is 551. The third-order valence-electron chi connectivity index (χ3n) is 3.79. The molecule has 26 heavy (non-hydrogen) atoms. The van der Waals surface area contributed by atoms with Crippen LogP contribution in [0.3, 0.4) is 0 Å². The topological polar surface area (TPSA) is 64.1 Å². The number of guanidine groups is 1. The first kappa shape index (κ1) is 24.6. The van der Waals surface area contributed by atoms with Crippen molar-refractivity contribution in [3.63, 3.8) is 0 Å². The van der Waals surface area contributed by atoms with Gasteiger partial charge >= 0.3 is 0 Å². The van der Waals surface area contributed by atoms with Gasteiger partial charge in [0, 0.05) is 25.2 Å². The van der Waals surface area contributed by atoms with E-state index in [4.69, 9.17) is 14.2 Å². The van der Waals surface area contributed by atoms with E-state index < -0.39 is 0 Å². The summed E-state index contributed by atoms with van der Waals surface area (Å²) in [6.45, 7) is 8.90. The third-order valence-corrected chi connectivity index (χ3v) is 3.79. The van der Waals surface area contributed by atoms with Crippen LogP contribution in [0, 0.1) is 5.92 Å². The fourth-order valence-corrected chi connectivity index (χ4v) is 2.45. The Labute approximate surface area is 175 Å². The Morgan fingerprint density at radius 2 is 1.73 bits per heavy atom. The van der Waals surface area contributed by atoms with Crippen molar-refractivity contribution in [1.82, 2.24) is 10.6 Å². The van der Waals surface area contributed by atoms with Crippen molar-refractivity contribution >= 4 is 29.9 Å². The molecule has 0 aliphatic rings. The molecule has 0 amide bonds. The van der Waals surface area contributed by atoms with Gasteiger partial charge in [-0.2, -0.15) is 0 Å². The SMILES string of the molecule is CCNC(=NCCC(C)C)NCCc1ccc(OC)c(OC)c1OC.I. The second-order valence-corrected chi connectivity index (χ2v) is 6.11. The van der Waals surface area contributed by atoms with E-state index in [9.17, 15) is 0 Å². The first-order valence-corrected chi connectivity index (χ1v) is 8.87. The molecule has 0 spiro atoms.